The highest BCUT2D eigenvalue weighted by molar-refractivity contribution is 5.83. The van der Waals surface area contributed by atoms with Crippen molar-refractivity contribution in [3.05, 3.63) is 83.3 Å². The van der Waals surface area contributed by atoms with E-state index >= 15 is 0 Å². The molecule has 5 heteroatoms. The number of allylic oxidation sites excluding steroid dienone is 4. The molecule has 0 fully saturated rings. The standard InChI is InChI=1S/C34H42O5/c1-3-4-5-6-7-8-9-10-11-12-13-14-15-16-17-18-33(35)39-29-23-24-30-32(25-29)38-26-31(34(30)36)27-19-21-28(37-2)22-20-27/h7-8,10-11,19-26H,3-6,9,12-18H2,1-2H3/b8-7-,11-10-. The van der Waals surface area contributed by atoms with Crippen LogP contribution in [0.15, 0.2) is 82.2 Å². The molecule has 1 heterocycles. The average Bonchev–Trinajstić information content (AvgIpc) is 2.95. The molecule has 2 aromatic carbocycles. The molecule has 0 saturated heterocycles. The van der Waals surface area contributed by atoms with Crippen molar-refractivity contribution in [1.29, 1.82) is 0 Å². The molecule has 0 radical (unpaired) electrons. The Morgan fingerprint density at radius 1 is 0.821 bits per heavy atom. The van der Waals surface area contributed by atoms with Crippen molar-refractivity contribution in [1.82, 2.24) is 0 Å². The Labute approximate surface area is 232 Å². The first kappa shape index (κ1) is 29.9. The number of ether oxygens (including phenoxy) is 2. The summed E-state index contributed by atoms with van der Waals surface area (Å²) >= 11 is 0. The van der Waals surface area contributed by atoms with E-state index in [4.69, 9.17) is 13.9 Å². The number of benzene rings is 2. The maximum atomic E-state index is 13.0. The van der Waals surface area contributed by atoms with Crippen molar-refractivity contribution < 1.29 is 18.7 Å². The Hall–Kier alpha value is -3.60. The molecule has 0 amide bonds. The van der Waals surface area contributed by atoms with Crippen LogP contribution in [0, 0.1) is 0 Å². The largest absolute Gasteiger partial charge is 0.497 e. The van der Waals surface area contributed by atoms with Crippen LogP contribution in [0.1, 0.15) is 84.0 Å². The average molecular weight is 531 g/mol. The Morgan fingerprint density at radius 2 is 1.49 bits per heavy atom. The lowest BCUT2D eigenvalue weighted by atomic mass is 10.1. The summed E-state index contributed by atoms with van der Waals surface area (Å²) in [6, 6.07) is 12.1. The summed E-state index contributed by atoms with van der Waals surface area (Å²) in [6.45, 7) is 2.23. The van der Waals surface area contributed by atoms with E-state index in [0.29, 0.717) is 28.7 Å². The zero-order valence-electron chi connectivity index (χ0n) is 23.5. The van der Waals surface area contributed by atoms with E-state index < -0.39 is 0 Å². The Morgan fingerprint density at radius 3 is 2.21 bits per heavy atom. The number of fused-ring (bicyclic) bond motifs is 1. The predicted molar refractivity (Wildman–Crippen MR) is 159 cm³/mol. The molecule has 0 unspecified atom stereocenters. The fourth-order valence-corrected chi connectivity index (χ4v) is 4.41. The van der Waals surface area contributed by atoms with Crippen LogP contribution in [0.3, 0.4) is 0 Å². The smallest absolute Gasteiger partial charge is 0.311 e. The molecule has 3 aromatic rings. The molecule has 0 bridgehead atoms. The molecule has 0 spiro atoms. The monoisotopic (exact) mass is 530 g/mol. The summed E-state index contributed by atoms with van der Waals surface area (Å²) < 4.78 is 16.4. The highest BCUT2D eigenvalue weighted by Gasteiger charge is 2.12. The lowest BCUT2D eigenvalue weighted by molar-refractivity contribution is -0.134. The number of carbonyl (C=O) groups is 1. The van der Waals surface area contributed by atoms with Crippen LogP contribution in [-0.2, 0) is 4.79 Å². The Kier molecular flexibility index (Phi) is 13.1. The van der Waals surface area contributed by atoms with Gasteiger partial charge in [-0.05, 0) is 68.4 Å². The van der Waals surface area contributed by atoms with Crippen LogP contribution < -0.4 is 14.9 Å². The number of unbranched alkanes of at least 4 members (excludes halogenated alkanes) is 8. The van der Waals surface area contributed by atoms with Crippen LogP contribution in [-0.4, -0.2) is 13.1 Å². The topological polar surface area (TPSA) is 65.7 Å². The first-order valence-corrected chi connectivity index (χ1v) is 14.3. The quantitative estimate of drug-likeness (QED) is 0.0753. The third-order valence-electron chi connectivity index (χ3n) is 6.71. The van der Waals surface area contributed by atoms with Gasteiger partial charge in [-0.2, -0.15) is 0 Å². The van der Waals surface area contributed by atoms with Gasteiger partial charge in [0.2, 0.25) is 0 Å². The molecule has 0 aliphatic carbocycles. The minimum Gasteiger partial charge on any atom is -0.497 e. The van der Waals surface area contributed by atoms with Crippen molar-refractivity contribution in [2.45, 2.75) is 84.0 Å². The van der Waals surface area contributed by atoms with Crippen LogP contribution in [0.5, 0.6) is 11.5 Å². The normalized spacial score (nSPS) is 11.5. The van der Waals surface area contributed by atoms with Gasteiger partial charge in [0, 0.05) is 12.5 Å². The molecule has 208 valence electrons. The molecular weight excluding hydrogens is 488 g/mol. The second-order valence-electron chi connectivity index (χ2n) is 9.82. The minimum atomic E-state index is -0.266. The van der Waals surface area contributed by atoms with E-state index in [2.05, 4.69) is 31.2 Å². The molecule has 0 aliphatic heterocycles. The Bertz CT molecular complexity index is 1270. The third kappa shape index (κ3) is 10.2. The van der Waals surface area contributed by atoms with Gasteiger partial charge in [0.25, 0.3) is 0 Å². The van der Waals surface area contributed by atoms with Gasteiger partial charge < -0.3 is 13.9 Å². The summed E-state index contributed by atoms with van der Waals surface area (Å²) in [5.74, 6) is 0.836. The summed E-state index contributed by atoms with van der Waals surface area (Å²) in [6.07, 6.45) is 23.5. The number of methoxy groups -OCH3 is 1. The van der Waals surface area contributed by atoms with E-state index in [-0.39, 0.29) is 11.4 Å². The molecule has 0 aliphatic rings. The summed E-state index contributed by atoms with van der Waals surface area (Å²) in [5.41, 5.74) is 1.47. The van der Waals surface area contributed by atoms with Gasteiger partial charge >= 0.3 is 5.97 Å². The van der Waals surface area contributed by atoms with E-state index in [1.165, 1.54) is 44.8 Å². The van der Waals surface area contributed by atoms with E-state index in [9.17, 15) is 9.59 Å². The minimum absolute atomic E-state index is 0.135. The third-order valence-corrected chi connectivity index (χ3v) is 6.71. The summed E-state index contributed by atoms with van der Waals surface area (Å²) in [7, 11) is 1.60. The lowest BCUT2D eigenvalue weighted by Crippen LogP contribution is -2.08. The van der Waals surface area contributed by atoms with Crippen molar-refractivity contribution in [2.75, 3.05) is 7.11 Å². The fourth-order valence-electron chi connectivity index (χ4n) is 4.41. The summed E-state index contributed by atoms with van der Waals surface area (Å²) in [5, 5.41) is 0.442. The zero-order chi connectivity index (χ0) is 27.7. The molecule has 39 heavy (non-hydrogen) atoms. The molecule has 0 saturated carbocycles. The van der Waals surface area contributed by atoms with E-state index in [1.807, 2.05) is 12.1 Å². The predicted octanol–water partition coefficient (Wildman–Crippen LogP) is 9.19. The highest BCUT2D eigenvalue weighted by atomic mass is 16.5. The molecule has 0 N–H and O–H groups in total. The van der Waals surface area contributed by atoms with Gasteiger partial charge in [-0.3, -0.25) is 9.59 Å². The van der Waals surface area contributed by atoms with Gasteiger partial charge in [0.1, 0.15) is 23.3 Å². The van der Waals surface area contributed by atoms with Gasteiger partial charge in [-0.1, -0.05) is 75.5 Å². The molecule has 0 atom stereocenters. The fraction of sp³-hybridized carbons (Fsp3) is 0.412. The highest BCUT2D eigenvalue weighted by Crippen LogP contribution is 2.25. The maximum Gasteiger partial charge on any atom is 0.311 e. The molecule has 3 rings (SSSR count). The van der Waals surface area contributed by atoms with Crippen molar-refractivity contribution >= 4 is 16.9 Å². The van der Waals surface area contributed by atoms with Crippen molar-refractivity contribution in [3.63, 3.8) is 0 Å². The lowest BCUT2D eigenvalue weighted by Gasteiger charge is -2.07. The van der Waals surface area contributed by atoms with Crippen LogP contribution >= 0.6 is 0 Å². The molecular formula is C34H42O5. The maximum absolute atomic E-state index is 13.0. The number of hydrogen-bond donors (Lipinski definition) is 0. The van der Waals surface area contributed by atoms with Crippen molar-refractivity contribution in [2.24, 2.45) is 0 Å². The van der Waals surface area contributed by atoms with Crippen molar-refractivity contribution in [3.8, 4) is 22.6 Å². The van der Waals surface area contributed by atoms with Crippen LogP contribution in [0.2, 0.25) is 0 Å². The number of hydrogen-bond acceptors (Lipinski definition) is 5. The first-order valence-electron chi connectivity index (χ1n) is 14.3. The van der Waals surface area contributed by atoms with Gasteiger partial charge in [0.05, 0.1) is 18.1 Å². The molecule has 1 aromatic heterocycles. The van der Waals surface area contributed by atoms with Gasteiger partial charge in [-0.25, -0.2) is 0 Å². The number of rotatable bonds is 17. The molecule has 5 nitrogen and oxygen atoms in total. The first-order chi connectivity index (χ1) is 19.1. The van der Waals surface area contributed by atoms with Crippen LogP contribution in [0.4, 0.5) is 0 Å². The number of esters is 1. The van der Waals surface area contributed by atoms with E-state index in [1.54, 1.807) is 37.4 Å². The Balaban J connectivity index is 1.34. The second-order valence-corrected chi connectivity index (χ2v) is 9.82. The van der Waals surface area contributed by atoms with Gasteiger partial charge in [-0.15, -0.1) is 0 Å². The second kappa shape index (κ2) is 17.1. The van der Waals surface area contributed by atoms with Gasteiger partial charge in [0.15, 0.2) is 5.43 Å². The number of carbonyl (C=O) groups excluding carboxylic acids is 1. The van der Waals surface area contributed by atoms with Crippen LogP contribution in [0.25, 0.3) is 22.1 Å². The SMILES string of the molecule is CCCCC/C=C\C/C=C\CCCCCCCC(=O)Oc1ccc2c(=O)c(-c3ccc(OC)cc3)coc2c1. The summed E-state index contributed by atoms with van der Waals surface area (Å²) in [4.78, 5) is 25.3. The van der Waals surface area contributed by atoms with E-state index in [0.717, 1.165) is 43.4 Å². The zero-order valence-corrected chi connectivity index (χ0v) is 23.5.